The van der Waals surface area contributed by atoms with Crippen LogP contribution in [0.5, 0.6) is 5.75 Å². The maximum absolute atomic E-state index is 13.1. The SMILES string of the molecule is CCCC(CCl)CC1Cc2cc(F)ccc2O1. The average molecular weight is 257 g/mol. The Morgan fingerprint density at radius 3 is 3.06 bits per heavy atom. The van der Waals surface area contributed by atoms with Gasteiger partial charge < -0.3 is 4.74 Å². The van der Waals surface area contributed by atoms with Crippen molar-refractivity contribution in [2.75, 3.05) is 5.88 Å². The van der Waals surface area contributed by atoms with Crippen molar-refractivity contribution in [3.63, 3.8) is 0 Å². The van der Waals surface area contributed by atoms with Gasteiger partial charge in [0.15, 0.2) is 0 Å². The van der Waals surface area contributed by atoms with E-state index >= 15 is 0 Å². The Bertz CT molecular complexity index is 380. The molecule has 0 amide bonds. The zero-order valence-electron chi connectivity index (χ0n) is 10.1. The van der Waals surface area contributed by atoms with E-state index in [1.54, 1.807) is 12.1 Å². The largest absolute Gasteiger partial charge is 0.490 e. The third-order valence-corrected chi connectivity index (χ3v) is 3.71. The number of rotatable bonds is 5. The van der Waals surface area contributed by atoms with E-state index in [0.717, 1.165) is 37.0 Å². The summed E-state index contributed by atoms with van der Waals surface area (Å²) >= 11 is 5.95. The third-order valence-electron chi connectivity index (χ3n) is 3.28. The predicted octanol–water partition coefficient (Wildman–Crippen LogP) is 4.17. The molecule has 2 unspecified atom stereocenters. The Morgan fingerprint density at radius 1 is 1.53 bits per heavy atom. The fraction of sp³-hybridized carbons (Fsp3) is 0.571. The highest BCUT2D eigenvalue weighted by molar-refractivity contribution is 6.18. The Labute approximate surface area is 107 Å². The van der Waals surface area contributed by atoms with E-state index in [0.29, 0.717) is 11.8 Å². The Hall–Kier alpha value is -0.760. The Balaban J connectivity index is 1.95. The summed E-state index contributed by atoms with van der Waals surface area (Å²) in [5, 5.41) is 0. The van der Waals surface area contributed by atoms with E-state index in [4.69, 9.17) is 16.3 Å². The smallest absolute Gasteiger partial charge is 0.123 e. The van der Waals surface area contributed by atoms with E-state index in [9.17, 15) is 4.39 Å². The second-order valence-corrected chi connectivity index (χ2v) is 5.05. The van der Waals surface area contributed by atoms with Crippen LogP contribution in [0.15, 0.2) is 18.2 Å². The molecule has 0 aliphatic carbocycles. The van der Waals surface area contributed by atoms with Gasteiger partial charge in [0, 0.05) is 17.9 Å². The fourth-order valence-electron chi connectivity index (χ4n) is 2.46. The summed E-state index contributed by atoms with van der Waals surface area (Å²) in [6.07, 6.45) is 4.22. The Morgan fingerprint density at radius 2 is 2.35 bits per heavy atom. The van der Waals surface area contributed by atoms with Crippen LogP contribution in [0.25, 0.3) is 0 Å². The first-order chi connectivity index (χ1) is 8.22. The van der Waals surface area contributed by atoms with Gasteiger partial charge in [-0.15, -0.1) is 11.6 Å². The first kappa shape index (κ1) is 12.7. The molecule has 1 aromatic rings. The molecule has 0 spiro atoms. The summed E-state index contributed by atoms with van der Waals surface area (Å²) in [4.78, 5) is 0. The number of halogens is 2. The molecule has 0 saturated carbocycles. The van der Waals surface area contributed by atoms with E-state index in [2.05, 4.69) is 6.92 Å². The molecule has 0 bridgehead atoms. The van der Waals surface area contributed by atoms with Crippen LogP contribution in [0.2, 0.25) is 0 Å². The van der Waals surface area contributed by atoms with Gasteiger partial charge in [0.25, 0.3) is 0 Å². The molecule has 2 rings (SSSR count). The lowest BCUT2D eigenvalue weighted by atomic mass is 9.96. The molecule has 1 nitrogen and oxygen atoms in total. The molecule has 1 aromatic carbocycles. The molecule has 3 heteroatoms. The number of hydrogen-bond acceptors (Lipinski definition) is 1. The summed E-state index contributed by atoms with van der Waals surface area (Å²) in [6, 6.07) is 4.75. The predicted molar refractivity (Wildman–Crippen MR) is 68.3 cm³/mol. The Kier molecular flexibility index (Phi) is 4.27. The molecular weight excluding hydrogens is 239 g/mol. The molecule has 2 atom stereocenters. The molecule has 94 valence electrons. The number of hydrogen-bond donors (Lipinski definition) is 0. The summed E-state index contributed by atoms with van der Waals surface area (Å²) < 4.78 is 18.9. The van der Waals surface area contributed by atoms with Gasteiger partial charge in [-0.1, -0.05) is 13.3 Å². The van der Waals surface area contributed by atoms with Crippen molar-refractivity contribution >= 4 is 11.6 Å². The van der Waals surface area contributed by atoms with Crippen molar-refractivity contribution in [3.05, 3.63) is 29.6 Å². The topological polar surface area (TPSA) is 9.23 Å². The lowest BCUT2D eigenvalue weighted by Gasteiger charge is -2.17. The van der Waals surface area contributed by atoms with Crippen molar-refractivity contribution in [1.82, 2.24) is 0 Å². The fourth-order valence-corrected chi connectivity index (χ4v) is 2.74. The first-order valence-electron chi connectivity index (χ1n) is 6.24. The molecule has 1 aliphatic rings. The van der Waals surface area contributed by atoms with Crippen LogP contribution in [-0.4, -0.2) is 12.0 Å². The number of alkyl halides is 1. The average Bonchev–Trinajstić information content (AvgIpc) is 2.69. The van der Waals surface area contributed by atoms with Gasteiger partial charge in [-0.3, -0.25) is 0 Å². The third kappa shape index (κ3) is 3.12. The summed E-state index contributed by atoms with van der Waals surface area (Å²) in [6.45, 7) is 2.17. The van der Waals surface area contributed by atoms with E-state index in [1.165, 1.54) is 6.07 Å². The van der Waals surface area contributed by atoms with Gasteiger partial charge in [0.2, 0.25) is 0 Å². The maximum Gasteiger partial charge on any atom is 0.123 e. The van der Waals surface area contributed by atoms with E-state index in [1.807, 2.05) is 0 Å². The maximum atomic E-state index is 13.1. The van der Waals surface area contributed by atoms with Crippen LogP contribution < -0.4 is 4.74 Å². The normalized spacial score (nSPS) is 19.8. The lowest BCUT2D eigenvalue weighted by Crippen LogP contribution is -2.19. The summed E-state index contributed by atoms with van der Waals surface area (Å²) in [5.74, 6) is 1.83. The monoisotopic (exact) mass is 256 g/mol. The molecule has 1 heterocycles. The minimum Gasteiger partial charge on any atom is -0.490 e. The van der Waals surface area contributed by atoms with Crippen molar-refractivity contribution in [1.29, 1.82) is 0 Å². The van der Waals surface area contributed by atoms with Gasteiger partial charge in [0.1, 0.15) is 17.7 Å². The summed E-state index contributed by atoms with van der Waals surface area (Å²) in [7, 11) is 0. The number of benzene rings is 1. The second kappa shape index (κ2) is 5.72. The van der Waals surface area contributed by atoms with Crippen LogP contribution in [0, 0.1) is 11.7 Å². The van der Waals surface area contributed by atoms with Gasteiger partial charge >= 0.3 is 0 Å². The minimum atomic E-state index is -0.185. The molecule has 0 aromatic heterocycles. The van der Waals surface area contributed by atoms with Crippen molar-refractivity contribution < 1.29 is 9.13 Å². The quantitative estimate of drug-likeness (QED) is 0.719. The zero-order chi connectivity index (χ0) is 12.3. The molecular formula is C14H18ClFO. The van der Waals surface area contributed by atoms with Gasteiger partial charge in [0.05, 0.1) is 0 Å². The molecule has 0 radical (unpaired) electrons. The highest BCUT2D eigenvalue weighted by atomic mass is 35.5. The van der Waals surface area contributed by atoms with Crippen LogP contribution >= 0.6 is 11.6 Å². The molecule has 0 N–H and O–H groups in total. The van der Waals surface area contributed by atoms with Crippen molar-refractivity contribution in [2.45, 2.75) is 38.7 Å². The van der Waals surface area contributed by atoms with Crippen LogP contribution in [-0.2, 0) is 6.42 Å². The molecule has 0 fully saturated rings. The number of ether oxygens (including phenoxy) is 1. The van der Waals surface area contributed by atoms with Gasteiger partial charge in [-0.05, 0) is 37.0 Å². The van der Waals surface area contributed by atoms with Crippen LogP contribution in [0.4, 0.5) is 4.39 Å². The second-order valence-electron chi connectivity index (χ2n) is 4.74. The highest BCUT2D eigenvalue weighted by Gasteiger charge is 2.25. The first-order valence-corrected chi connectivity index (χ1v) is 6.77. The van der Waals surface area contributed by atoms with Gasteiger partial charge in [-0.2, -0.15) is 0 Å². The molecule has 0 saturated heterocycles. The van der Waals surface area contributed by atoms with E-state index < -0.39 is 0 Å². The molecule has 1 aliphatic heterocycles. The van der Waals surface area contributed by atoms with Crippen LogP contribution in [0.3, 0.4) is 0 Å². The van der Waals surface area contributed by atoms with Gasteiger partial charge in [-0.25, -0.2) is 4.39 Å². The lowest BCUT2D eigenvalue weighted by molar-refractivity contribution is 0.195. The summed E-state index contributed by atoms with van der Waals surface area (Å²) in [5.41, 5.74) is 0.986. The minimum absolute atomic E-state index is 0.169. The molecule has 17 heavy (non-hydrogen) atoms. The highest BCUT2D eigenvalue weighted by Crippen LogP contribution is 2.32. The number of fused-ring (bicyclic) bond motifs is 1. The van der Waals surface area contributed by atoms with Crippen molar-refractivity contribution in [2.24, 2.45) is 5.92 Å². The van der Waals surface area contributed by atoms with E-state index in [-0.39, 0.29) is 11.9 Å². The standard InChI is InChI=1S/C14H18ClFO/c1-2-3-10(9-15)6-13-8-11-7-12(16)4-5-14(11)17-13/h4-5,7,10,13H,2-3,6,8-9H2,1H3. The zero-order valence-corrected chi connectivity index (χ0v) is 10.8. The van der Waals surface area contributed by atoms with Crippen LogP contribution in [0.1, 0.15) is 31.7 Å². The van der Waals surface area contributed by atoms with Crippen molar-refractivity contribution in [3.8, 4) is 5.75 Å².